The number of nitro groups is 1. The summed E-state index contributed by atoms with van der Waals surface area (Å²) in [5.41, 5.74) is 0.649. The van der Waals surface area contributed by atoms with Crippen molar-refractivity contribution in [2.75, 3.05) is 5.32 Å². The van der Waals surface area contributed by atoms with Gasteiger partial charge < -0.3 is 10.1 Å². The van der Waals surface area contributed by atoms with Gasteiger partial charge in [0.2, 0.25) is 0 Å². The average Bonchev–Trinajstić information content (AvgIpc) is 2.63. The maximum Gasteiger partial charge on any atom is 0.269 e. The number of aromatic nitrogens is 1. The second-order valence-corrected chi connectivity index (χ2v) is 5.02. The van der Waals surface area contributed by atoms with Crippen molar-refractivity contribution in [1.29, 1.82) is 0 Å². The van der Waals surface area contributed by atoms with Crippen molar-refractivity contribution in [3.63, 3.8) is 0 Å². The number of nitrogens with one attached hydrogen (secondary N) is 1. The fraction of sp³-hybridized carbons (Fsp3) is 0.0556. The van der Waals surface area contributed by atoms with E-state index in [4.69, 9.17) is 4.74 Å². The topological polar surface area (TPSA) is 77.3 Å². The van der Waals surface area contributed by atoms with Gasteiger partial charge in [0.15, 0.2) is 6.23 Å². The highest BCUT2D eigenvalue weighted by atomic mass is 16.6. The molecule has 0 saturated carbocycles. The van der Waals surface area contributed by atoms with Crippen molar-refractivity contribution in [2.24, 2.45) is 0 Å². The van der Waals surface area contributed by atoms with Gasteiger partial charge in [-0.05, 0) is 24.3 Å². The molecule has 1 heterocycles. The largest absolute Gasteiger partial charge is 0.466 e. The number of anilines is 1. The molecule has 0 spiro atoms. The predicted octanol–water partition coefficient (Wildman–Crippen LogP) is 4.18. The number of hydrogen-bond acceptors (Lipinski definition) is 5. The van der Waals surface area contributed by atoms with Crippen molar-refractivity contribution in [1.82, 2.24) is 4.98 Å². The van der Waals surface area contributed by atoms with Crippen molar-refractivity contribution in [3.05, 3.63) is 94.7 Å². The second-order valence-electron chi connectivity index (χ2n) is 5.02. The van der Waals surface area contributed by atoms with Gasteiger partial charge in [-0.3, -0.25) is 10.1 Å². The van der Waals surface area contributed by atoms with Crippen LogP contribution in [0.1, 0.15) is 11.8 Å². The van der Waals surface area contributed by atoms with E-state index >= 15 is 0 Å². The Morgan fingerprint density at radius 2 is 1.79 bits per heavy atom. The molecule has 0 aliphatic carbocycles. The summed E-state index contributed by atoms with van der Waals surface area (Å²) in [6, 6.07) is 21.1. The molecule has 24 heavy (non-hydrogen) atoms. The predicted molar refractivity (Wildman–Crippen MR) is 90.8 cm³/mol. The Hall–Kier alpha value is -3.41. The molecule has 0 aliphatic rings. The molecule has 3 rings (SSSR count). The van der Waals surface area contributed by atoms with Gasteiger partial charge in [-0.15, -0.1) is 0 Å². The monoisotopic (exact) mass is 321 g/mol. The normalized spacial score (nSPS) is 11.5. The summed E-state index contributed by atoms with van der Waals surface area (Å²) >= 11 is 0. The third-order valence-electron chi connectivity index (χ3n) is 3.32. The number of pyridine rings is 1. The maximum absolute atomic E-state index is 11.0. The van der Waals surface area contributed by atoms with Crippen LogP contribution in [-0.4, -0.2) is 9.91 Å². The highest BCUT2D eigenvalue weighted by Gasteiger charge is 2.17. The standard InChI is InChI=1S/C18H15N3O3/c22-21(23)15-8-6-7-14(13-15)18(20-17-11-4-5-12-19-17)24-16-9-2-1-3-10-16/h1-13,18H,(H,19,20). The Morgan fingerprint density at radius 1 is 1.00 bits per heavy atom. The number of ether oxygens (including phenoxy) is 1. The summed E-state index contributed by atoms with van der Waals surface area (Å²) in [6.45, 7) is 0. The molecule has 0 fully saturated rings. The van der Waals surface area contributed by atoms with Crippen molar-refractivity contribution in [2.45, 2.75) is 6.23 Å². The first kappa shape index (κ1) is 15.5. The molecular weight excluding hydrogens is 306 g/mol. The van der Waals surface area contributed by atoms with Gasteiger partial charge in [0.25, 0.3) is 5.69 Å². The first-order valence-electron chi connectivity index (χ1n) is 7.36. The SMILES string of the molecule is O=[N+]([O-])c1cccc(C(Nc2ccccn2)Oc2ccccc2)c1. The van der Waals surface area contributed by atoms with Crippen molar-refractivity contribution >= 4 is 11.5 Å². The fourth-order valence-electron chi connectivity index (χ4n) is 2.20. The summed E-state index contributed by atoms with van der Waals surface area (Å²) in [7, 11) is 0. The minimum Gasteiger partial charge on any atom is -0.466 e. The first-order valence-corrected chi connectivity index (χ1v) is 7.36. The van der Waals surface area contributed by atoms with Crippen LogP contribution in [0.3, 0.4) is 0 Å². The number of hydrogen-bond donors (Lipinski definition) is 1. The lowest BCUT2D eigenvalue weighted by Crippen LogP contribution is -2.18. The molecule has 1 unspecified atom stereocenters. The molecule has 0 bridgehead atoms. The molecule has 0 amide bonds. The van der Waals surface area contributed by atoms with Crippen LogP contribution >= 0.6 is 0 Å². The molecule has 3 aromatic rings. The lowest BCUT2D eigenvalue weighted by molar-refractivity contribution is -0.385. The van der Waals surface area contributed by atoms with Crippen LogP contribution < -0.4 is 10.1 Å². The van der Waals surface area contributed by atoms with Gasteiger partial charge >= 0.3 is 0 Å². The quantitative estimate of drug-likeness (QED) is 0.418. The fourth-order valence-corrected chi connectivity index (χ4v) is 2.20. The van der Waals surface area contributed by atoms with Gasteiger partial charge in [-0.1, -0.05) is 36.4 Å². The number of non-ortho nitro benzene ring substituents is 1. The van der Waals surface area contributed by atoms with E-state index in [9.17, 15) is 10.1 Å². The summed E-state index contributed by atoms with van der Waals surface area (Å²) in [5, 5.41) is 14.2. The molecule has 1 N–H and O–H groups in total. The Labute approximate surface area is 138 Å². The Balaban J connectivity index is 1.92. The Morgan fingerprint density at radius 3 is 2.50 bits per heavy atom. The molecule has 6 nitrogen and oxygen atoms in total. The molecular formula is C18H15N3O3. The molecule has 1 atom stereocenters. The van der Waals surface area contributed by atoms with E-state index < -0.39 is 11.2 Å². The van der Waals surface area contributed by atoms with Gasteiger partial charge in [-0.25, -0.2) is 4.98 Å². The molecule has 0 radical (unpaired) electrons. The van der Waals surface area contributed by atoms with Gasteiger partial charge in [0, 0.05) is 23.9 Å². The van der Waals surface area contributed by atoms with Crippen LogP contribution in [0, 0.1) is 10.1 Å². The molecule has 0 saturated heterocycles. The third kappa shape index (κ3) is 3.86. The third-order valence-corrected chi connectivity index (χ3v) is 3.32. The van der Waals surface area contributed by atoms with E-state index in [1.165, 1.54) is 12.1 Å². The molecule has 0 aliphatic heterocycles. The Kier molecular flexibility index (Phi) is 4.67. The lowest BCUT2D eigenvalue weighted by Gasteiger charge is -2.21. The summed E-state index contributed by atoms with van der Waals surface area (Å²) in [5.74, 6) is 1.27. The maximum atomic E-state index is 11.0. The van der Waals surface area contributed by atoms with Crippen molar-refractivity contribution in [3.8, 4) is 5.75 Å². The van der Waals surface area contributed by atoms with Gasteiger partial charge in [-0.2, -0.15) is 0 Å². The van der Waals surface area contributed by atoms with Crippen LogP contribution in [0.25, 0.3) is 0 Å². The number of nitrogens with zero attached hydrogens (tertiary/aromatic N) is 2. The molecule has 120 valence electrons. The van der Waals surface area contributed by atoms with E-state index in [0.717, 1.165) is 0 Å². The minimum atomic E-state index is -0.609. The van der Waals surface area contributed by atoms with Gasteiger partial charge in [0.1, 0.15) is 11.6 Å². The van der Waals surface area contributed by atoms with Crippen LogP contribution in [0.5, 0.6) is 5.75 Å². The molecule has 2 aromatic carbocycles. The highest BCUT2D eigenvalue weighted by Crippen LogP contribution is 2.25. The van der Waals surface area contributed by atoms with Crippen molar-refractivity contribution < 1.29 is 9.66 Å². The zero-order valence-corrected chi connectivity index (χ0v) is 12.7. The molecule has 6 heteroatoms. The number of para-hydroxylation sites is 1. The van der Waals surface area contributed by atoms with E-state index in [-0.39, 0.29) is 5.69 Å². The van der Waals surface area contributed by atoms with E-state index in [2.05, 4.69) is 10.3 Å². The number of rotatable bonds is 6. The zero-order chi connectivity index (χ0) is 16.8. The summed E-state index contributed by atoms with van der Waals surface area (Å²) in [4.78, 5) is 14.8. The summed E-state index contributed by atoms with van der Waals surface area (Å²) < 4.78 is 5.97. The van der Waals surface area contributed by atoms with Crippen LogP contribution in [0.4, 0.5) is 11.5 Å². The summed E-state index contributed by atoms with van der Waals surface area (Å²) in [6.07, 6.45) is 1.05. The van der Waals surface area contributed by atoms with E-state index in [1.807, 2.05) is 42.5 Å². The second kappa shape index (κ2) is 7.23. The van der Waals surface area contributed by atoms with E-state index in [0.29, 0.717) is 17.1 Å². The minimum absolute atomic E-state index is 0.0111. The van der Waals surface area contributed by atoms with Crippen LogP contribution in [-0.2, 0) is 0 Å². The zero-order valence-electron chi connectivity index (χ0n) is 12.7. The molecule has 1 aromatic heterocycles. The van der Waals surface area contributed by atoms with Crippen LogP contribution in [0.2, 0.25) is 0 Å². The number of nitro benzene ring substituents is 1. The highest BCUT2D eigenvalue weighted by molar-refractivity contribution is 5.41. The Bertz CT molecular complexity index is 769. The smallest absolute Gasteiger partial charge is 0.269 e. The van der Waals surface area contributed by atoms with E-state index in [1.54, 1.807) is 24.4 Å². The number of benzene rings is 2. The van der Waals surface area contributed by atoms with Crippen LogP contribution in [0.15, 0.2) is 79.0 Å². The lowest BCUT2D eigenvalue weighted by atomic mass is 10.1. The first-order chi connectivity index (χ1) is 11.7. The van der Waals surface area contributed by atoms with Gasteiger partial charge in [0.05, 0.1) is 4.92 Å². The average molecular weight is 321 g/mol.